The van der Waals surface area contributed by atoms with Gasteiger partial charge in [0.25, 0.3) is 5.91 Å². The highest BCUT2D eigenvalue weighted by Crippen LogP contribution is 2.46. The summed E-state index contributed by atoms with van der Waals surface area (Å²) in [6.45, 7) is 5.57. The van der Waals surface area contributed by atoms with E-state index in [1.165, 1.54) is 16.9 Å². The Hall–Kier alpha value is -5.69. The van der Waals surface area contributed by atoms with Gasteiger partial charge in [-0.15, -0.1) is 11.3 Å². The summed E-state index contributed by atoms with van der Waals surface area (Å²) >= 11 is 1.52. The predicted octanol–water partition coefficient (Wildman–Crippen LogP) is 5.49. The van der Waals surface area contributed by atoms with Crippen LogP contribution in [0.1, 0.15) is 72.2 Å². The molecule has 3 aliphatic heterocycles. The van der Waals surface area contributed by atoms with E-state index in [1.54, 1.807) is 16.8 Å². The third-order valence-corrected chi connectivity index (χ3v) is 14.8. The van der Waals surface area contributed by atoms with Gasteiger partial charge >= 0.3 is 0 Å². The number of hydrogen-bond acceptors (Lipinski definition) is 14. The van der Waals surface area contributed by atoms with Crippen LogP contribution in [0.25, 0.3) is 32.2 Å². The number of aromatic nitrogens is 1. The summed E-state index contributed by atoms with van der Waals surface area (Å²) in [6, 6.07) is 23.0. The van der Waals surface area contributed by atoms with Crippen LogP contribution in [0.15, 0.2) is 66.7 Å². The van der Waals surface area contributed by atoms with Gasteiger partial charge in [0.1, 0.15) is 23.3 Å². The van der Waals surface area contributed by atoms with E-state index in [-0.39, 0.29) is 49.4 Å². The number of para-hydroxylation sites is 1. The Kier molecular flexibility index (Phi) is 14.8. The highest BCUT2D eigenvalue weighted by Gasteiger charge is 2.49. The minimum atomic E-state index is -1.04. The third-order valence-electron chi connectivity index (χ3n) is 13.7. The highest BCUT2D eigenvalue weighted by atomic mass is 32.1. The predicted molar refractivity (Wildman–Crippen MR) is 262 cm³/mol. The molecule has 0 spiro atoms. The number of thiophene rings is 1. The average molecular weight is 948 g/mol. The summed E-state index contributed by atoms with van der Waals surface area (Å²) in [5.74, 6) is 0.200. The van der Waals surface area contributed by atoms with E-state index in [2.05, 4.69) is 63.7 Å². The summed E-state index contributed by atoms with van der Waals surface area (Å²) in [5, 5.41) is 25.8. The Labute approximate surface area is 400 Å². The molecule has 1 aliphatic carbocycles. The zero-order valence-electron chi connectivity index (χ0n) is 38.7. The maximum absolute atomic E-state index is 12.8. The summed E-state index contributed by atoms with van der Waals surface area (Å²) in [6.07, 6.45) is 4.79. The van der Waals surface area contributed by atoms with Gasteiger partial charge in [-0.25, -0.2) is 4.98 Å². The van der Waals surface area contributed by atoms with Gasteiger partial charge in [0.05, 0.1) is 74.5 Å². The van der Waals surface area contributed by atoms with Gasteiger partial charge in [-0.2, -0.15) is 0 Å². The Balaban J connectivity index is 0.621. The number of fused-ring (bicyclic) bond motifs is 6. The molecular formula is C51H61N7O9S. The van der Waals surface area contributed by atoms with Crippen molar-refractivity contribution in [2.45, 2.75) is 81.8 Å². The van der Waals surface area contributed by atoms with Crippen LogP contribution in [0.4, 0.5) is 17.1 Å². The van der Waals surface area contributed by atoms with Gasteiger partial charge in [0.2, 0.25) is 18.2 Å². The number of anilines is 3. The molecule has 68 heavy (non-hydrogen) atoms. The SMILES string of the molecule is C[C@@H]1CNc2c(sc3ccc4nc(-c5ccc(C6CCC(NC(=O)COCCOCCOCCOCCc7cccc8c7N(C)C(O)N8C7(C=O)CCC(=O)NC7)CC6)cc5)ccc4c23)C(=O)N1. The fraction of sp³-hybridized carbons (Fsp3) is 0.471. The first kappa shape index (κ1) is 47.4. The molecule has 360 valence electrons. The molecule has 17 heteroatoms. The second-order valence-electron chi connectivity index (χ2n) is 18.3. The molecule has 5 aromatic rings. The van der Waals surface area contributed by atoms with Gasteiger partial charge in [0.15, 0.2) is 0 Å². The normalized spacial score (nSPS) is 22.6. The number of aliphatic hydroxyl groups excluding tert-OH is 1. The van der Waals surface area contributed by atoms with Gasteiger partial charge in [-0.3, -0.25) is 14.4 Å². The number of pyridine rings is 1. The van der Waals surface area contributed by atoms with E-state index < -0.39 is 11.9 Å². The van der Waals surface area contributed by atoms with Crippen LogP contribution >= 0.6 is 11.3 Å². The maximum atomic E-state index is 12.8. The van der Waals surface area contributed by atoms with Crippen LogP contribution in [0.5, 0.6) is 0 Å². The van der Waals surface area contributed by atoms with Gasteiger partial charge in [0, 0.05) is 59.7 Å². The molecule has 2 aromatic heterocycles. The number of rotatable bonds is 19. The number of amides is 3. The third kappa shape index (κ3) is 10.2. The monoisotopic (exact) mass is 947 g/mol. The number of carbonyl (C=O) groups is 4. The van der Waals surface area contributed by atoms with E-state index in [0.717, 1.165) is 91.7 Å². The molecule has 2 unspecified atom stereocenters. The molecule has 3 amide bonds. The summed E-state index contributed by atoms with van der Waals surface area (Å²) in [5.41, 5.74) is 6.64. The van der Waals surface area contributed by atoms with Crippen LogP contribution in [0, 0.1) is 0 Å². The first-order valence-electron chi connectivity index (χ1n) is 23.8. The number of nitrogens with zero attached hydrogens (tertiary/aromatic N) is 3. The molecule has 0 bridgehead atoms. The Morgan fingerprint density at radius 2 is 1.65 bits per heavy atom. The maximum Gasteiger partial charge on any atom is 0.263 e. The molecule has 2 fully saturated rings. The number of piperidine rings is 1. The number of benzene rings is 3. The Bertz CT molecular complexity index is 2610. The van der Waals surface area contributed by atoms with E-state index in [0.29, 0.717) is 71.6 Å². The largest absolute Gasteiger partial charge is 0.381 e. The summed E-state index contributed by atoms with van der Waals surface area (Å²) in [4.78, 5) is 58.9. The van der Waals surface area contributed by atoms with Crippen molar-refractivity contribution in [3.8, 4) is 11.3 Å². The van der Waals surface area contributed by atoms with Crippen LogP contribution in [0.2, 0.25) is 0 Å². The zero-order chi connectivity index (χ0) is 47.2. The van der Waals surface area contributed by atoms with Crippen molar-refractivity contribution in [2.24, 2.45) is 0 Å². The molecule has 16 nitrogen and oxygen atoms in total. The molecule has 1 saturated carbocycles. The zero-order valence-corrected chi connectivity index (χ0v) is 39.5. The van der Waals surface area contributed by atoms with Crippen molar-refractivity contribution >= 4 is 73.4 Å². The minimum Gasteiger partial charge on any atom is -0.381 e. The number of nitrogens with one attached hydrogen (secondary N) is 4. The molecule has 9 rings (SSSR count). The van der Waals surface area contributed by atoms with Crippen molar-refractivity contribution in [1.29, 1.82) is 0 Å². The Morgan fingerprint density at radius 1 is 0.912 bits per heavy atom. The lowest BCUT2D eigenvalue weighted by Crippen LogP contribution is -2.64. The minimum absolute atomic E-state index is 0.00483. The fourth-order valence-corrected chi connectivity index (χ4v) is 11.1. The van der Waals surface area contributed by atoms with Crippen LogP contribution in [0.3, 0.4) is 0 Å². The molecular weight excluding hydrogens is 887 g/mol. The fourth-order valence-electron chi connectivity index (χ4n) is 10.0. The molecule has 1 saturated heterocycles. The van der Waals surface area contributed by atoms with Crippen LogP contribution < -0.4 is 31.1 Å². The van der Waals surface area contributed by atoms with Gasteiger partial charge in [-0.1, -0.05) is 36.4 Å². The van der Waals surface area contributed by atoms with Gasteiger partial charge in [-0.05, 0) is 92.8 Å². The number of carbonyl (C=O) groups excluding carboxylic acids is 4. The average Bonchev–Trinajstić information content (AvgIpc) is 3.82. The number of aldehydes is 1. The lowest BCUT2D eigenvalue weighted by molar-refractivity contribution is -0.127. The van der Waals surface area contributed by atoms with Crippen molar-refractivity contribution in [1.82, 2.24) is 20.9 Å². The molecule has 5 heterocycles. The van der Waals surface area contributed by atoms with E-state index in [9.17, 15) is 24.3 Å². The topological polar surface area (TPSA) is 193 Å². The van der Waals surface area contributed by atoms with Crippen molar-refractivity contribution in [2.75, 3.05) is 88.1 Å². The van der Waals surface area contributed by atoms with Crippen LogP contribution in [-0.4, -0.2) is 131 Å². The van der Waals surface area contributed by atoms with Gasteiger partial charge < -0.3 is 59.9 Å². The second kappa shape index (κ2) is 21.3. The first-order chi connectivity index (χ1) is 33.1. The van der Waals surface area contributed by atoms with Crippen molar-refractivity contribution < 1.29 is 43.2 Å². The van der Waals surface area contributed by atoms with Crippen molar-refractivity contribution in [3.05, 3.63) is 82.7 Å². The van der Waals surface area contributed by atoms with E-state index in [4.69, 9.17) is 23.9 Å². The van der Waals surface area contributed by atoms with E-state index in [1.807, 2.05) is 31.2 Å². The smallest absolute Gasteiger partial charge is 0.263 e. The number of ether oxygens (including phenoxy) is 4. The summed E-state index contributed by atoms with van der Waals surface area (Å²) in [7, 11) is 1.80. The van der Waals surface area contributed by atoms with E-state index >= 15 is 0 Å². The van der Waals surface area contributed by atoms with Crippen LogP contribution in [-0.2, 0) is 39.8 Å². The summed E-state index contributed by atoms with van der Waals surface area (Å²) < 4.78 is 23.8. The lowest BCUT2D eigenvalue weighted by Gasteiger charge is -2.43. The number of aliphatic hydroxyl groups is 1. The van der Waals surface area contributed by atoms with Crippen molar-refractivity contribution in [3.63, 3.8) is 0 Å². The molecule has 4 aliphatic rings. The molecule has 3 aromatic carbocycles. The molecule has 3 atom stereocenters. The molecule has 5 N–H and O–H groups in total. The second-order valence-corrected chi connectivity index (χ2v) is 19.3. The standard InChI is InChI=1S/C51H61N7O9S/c1-32-28-52-46-45-38-14-15-39(56-40(38)16-17-42(45)68-48(46)49(62)54-32)35-8-6-33(7-9-35)34-10-12-37(13-11-34)55-44(61)29-67-27-26-66-25-24-65-23-22-64-21-19-36-4-3-5-41-47(36)57(2)50(63)58(41)51(31-59)20-18-43(60)53-30-51/h3-9,14-17,31-32,34,37,50,52,63H,10-13,18-30H2,1-2H3,(H,53,60)(H,54,62)(H,55,61)/t32-,34?,37?,50?,51?/m1/s1. The Morgan fingerprint density at radius 3 is 2.37 bits per heavy atom. The number of hydrogen-bond donors (Lipinski definition) is 5. The quantitative estimate of drug-likeness (QED) is 0.0516. The highest BCUT2D eigenvalue weighted by molar-refractivity contribution is 7.21. The molecule has 0 radical (unpaired) electrons. The lowest BCUT2D eigenvalue weighted by atomic mass is 9.81. The first-order valence-corrected chi connectivity index (χ1v) is 24.6.